The highest BCUT2D eigenvalue weighted by atomic mass is 16.6. The van der Waals surface area contributed by atoms with Crippen LogP contribution in [0.5, 0.6) is 0 Å². The van der Waals surface area contributed by atoms with Crippen molar-refractivity contribution in [1.29, 1.82) is 0 Å². The Labute approximate surface area is 162 Å². The lowest BCUT2D eigenvalue weighted by Gasteiger charge is -2.26. The molecule has 0 unspecified atom stereocenters. The molecule has 2 aromatic rings. The molecule has 2 aliphatic rings. The Hall–Kier alpha value is -2.96. The van der Waals surface area contributed by atoms with E-state index in [0.717, 1.165) is 5.56 Å². The second kappa shape index (κ2) is 7.96. The third-order valence-electron chi connectivity index (χ3n) is 4.89. The Kier molecular flexibility index (Phi) is 5.23. The van der Waals surface area contributed by atoms with Crippen molar-refractivity contribution in [2.75, 3.05) is 0 Å². The molecule has 2 heterocycles. The zero-order chi connectivity index (χ0) is 19.5. The first-order chi connectivity index (χ1) is 13.6. The van der Waals surface area contributed by atoms with E-state index in [-0.39, 0.29) is 6.42 Å². The standard InChI is InChI=1S/C22H20O6/c23-17(12-11-14-7-3-1-4-8-14)27-20(15-9-5-2-6-10-15)22-19(25)21-16(26-22)13-18(24)28-21/h1-12,16,19-22,25H,13H2/b12-11+/t16-,19-,20-,21+,22-/m1/s1. The van der Waals surface area contributed by atoms with E-state index in [1.165, 1.54) is 6.08 Å². The van der Waals surface area contributed by atoms with Crippen LogP contribution in [-0.4, -0.2) is 41.5 Å². The zero-order valence-electron chi connectivity index (χ0n) is 15.0. The van der Waals surface area contributed by atoms with E-state index in [0.29, 0.717) is 5.56 Å². The molecular formula is C22H20O6. The fourth-order valence-corrected chi connectivity index (χ4v) is 3.55. The molecule has 0 amide bonds. The van der Waals surface area contributed by atoms with Gasteiger partial charge in [-0.25, -0.2) is 4.79 Å². The van der Waals surface area contributed by atoms with E-state index < -0.39 is 42.5 Å². The molecule has 4 rings (SSSR count). The largest absolute Gasteiger partial charge is 0.457 e. The maximum absolute atomic E-state index is 12.4. The Morgan fingerprint density at radius 1 is 1.11 bits per heavy atom. The minimum Gasteiger partial charge on any atom is -0.457 e. The number of aliphatic hydroxyl groups excluding tert-OH is 1. The molecule has 0 bridgehead atoms. The van der Waals surface area contributed by atoms with E-state index in [1.54, 1.807) is 18.2 Å². The summed E-state index contributed by atoms with van der Waals surface area (Å²) in [5.41, 5.74) is 1.56. The quantitative estimate of drug-likeness (QED) is 0.634. The number of esters is 2. The molecule has 144 valence electrons. The maximum Gasteiger partial charge on any atom is 0.331 e. The number of carbonyl (C=O) groups excluding carboxylic acids is 2. The van der Waals surface area contributed by atoms with Crippen LogP contribution in [0.3, 0.4) is 0 Å². The van der Waals surface area contributed by atoms with Gasteiger partial charge < -0.3 is 19.3 Å². The van der Waals surface area contributed by atoms with E-state index in [4.69, 9.17) is 14.2 Å². The van der Waals surface area contributed by atoms with Crippen LogP contribution >= 0.6 is 0 Å². The predicted molar refractivity (Wildman–Crippen MR) is 99.9 cm³/mol. The summed E-state index contributed by atoms with van der Waals surface area (Å²) in [5, 5.41) is 10.6. The third kappa shape index (κ3) is 3.83. The fourth-order valence-electron chi connectivity index (χ4n) is 3.55. The van der Waals surface area contributed by atoms with Gasteiger partial charge in [-0.15, -0.1) is 0 Å². The summed E-state index contributed by atoms with van der Waals surface area (Å²) in [6.45, 7) is 0. The Balaban J connectivity index is 1.53. The Morgan fingerprint density at radius 2 is 1.79 bits per heavy atom. The van der Waals surface area contributed by atoms with Crippen LogP contribution in [0.4, 0.5) is 0 Å². The van der Waals surface area contributed by atoms with Gasteiger partial charge in [-0.05, 0) is 17.2 Å². The van der Waals surface area contributed by atoms with Crippen LogP contribution in [0.1, 0.15) is 23.7 Å². The number of carbonyl (C=O) groups is 2. The van der Waals surface area contributed by atoms with Crippen molar-refractivity contribution >= 4 is 18.0 Å². The number of aliphatic hydroxyl groups is 1. The molecule has 1 N–H and O–H groups in total. The maximum atomic E-state index is 12.4. The van der Waals surface area contributed by atoms with Gasteiger partial charge in [0.25, 0.3) is 0 Å². The molecule has 28 heavy (non-hydrogen) atoms. The number of hydrogen-bond donors (Lipinski definition) is 1. The molecule has 6 heteroatoms. The molecule has 2 fully saturated rings. The highest BCUT2D eigenvalue weighted by molar-refractivity contribution is 5.87. The first kappa shape index (κ1) is 18.4. The van der Waals surface area contributed by atoms with Crippen molar-refractivity contribution in [3.8, 4) is 0 Å². The molecular weight excluding hydrogens is 360 g/mol. The number of fused-ring (bicyclic) bond motifs is 1. The highest BCUT2D eigenvalue weighted by Gasteiger charge is 2.54. The van der Waals surface area contributed by atoms with Crippen molar-refractivity contribution in [3.05, 3.63) is 77.9 Å². The van der Waals surface area contributed by atoms with E-state index in [9.17, 15) is 14.7 Å². The van der Waals surface area contributed by atoms with Gasteiger partial charge in [0, 0.05) is 6.08 Å². The number of ether oxygens (including phenoxy) is 3. The van der Waals surface area contributed by atoms with Gasteiger partial charge in [0.1, 0.15) is 18.3 Å². The van der Waals surface area contributed by atoms with Crippen LogP contribution in [0, 0.1) is 0 Å². The summed E-state index contributed by atoms with van der Waals surface area (Å²) in [5.74, 6) is -0.950. The van der Waals surface area contributed by atoms with Gasteiger partial charge in [-0.1, -0.05) is 60.7 Å². The molecule has 0 spiro atoms. The summed E-state index contributed by atoms with van der Waals surface area (Å²) in [6.07, 6.45) is -0.901. The Bertz CT molecular complexity index is 863. The molecule has 6 nitrogen and oxygen atoms in total. The lowest BCUT2D eigenvalue weighted by atomic mass is 9.98. The summed E-state index contributed by atoms with van der Waals surface area (Å²) >= 11 is 0. The third-order valence-corrected chi connectivity index (χ3v) is 4.89. The Morgan fingerprint density at radius 3 is 2.46 bits per heavy atom. The normalized spacial score (nSPS) is 27.4. The van der Waals surface area contributed by atoms with E-state index in [2.05, 4.69) is 0 Å². The van der Waals surface area contributed by atoms with Crippen LogP contribution < -0.4 is 0 Å². The minimum atomic E-state index is -1.08. The van der Waals surface area contributed by atoms with Gasteiger partial charge in [0.2, 0.25) is 0 Å². The molecule has 5 atom stereocenters. The van der Waals surface area contributed by atoms with Gasteiger partial charge in [-0.3, -0.25) is 4.79 Å². The number of benzene rings is 2. The van der Waals surface area contributed by atoms with Crippen LogP contribution in [-0.2, 0) is 23.8 Å². The van der Waals surface area contributed by atoms with Crippen molar-refractivity contribution in [2.45, 2.75) is 36.9 Å². The monoisotopic (exact) mass is 380 g/mol. The first-order valence-electron chi connectivity index (χ1n) is 9.13. The first-order valence-corrected chi connectivity index (χ1v) is 9.13. The molecule has 2 aliphatic heterocycles. The summed E-state index contributed by atoms with van der Waals surface area (Å²) in [4.78, 5) is 23.9. The number of hydrogen-bond acceptors (Lipinski definition) is 6. The lowest BCUT2D eigenvalue weighted by molar-refractivity contribution is -0.159. The minimum absolute atomic E-state index is 0.0849. The van der Waals surface area contributed by atoms with Crippen LogP contribution in [0.25, 0.3) is 6.08 Å². The second-order valence-electron chi connectivity index (χ2n) is 6.80. The summed E-state index contributed by atoms with van der Waals surface area (Å²) in [7, 11) is 0. The molecule has 0 aromatic heterocycles. The topological polar surface area (TPSA) is 82.1 Å². The molecule has 0 saturated carbocycles. The average molecular weight is 380 g/mol. The number of rotatable bonds is 5. The molecule has 0 aliphatic carbocycles. The van der Waals surface area contributed by atoms with Crippen LogP contribution in [0.15, 0.2) is 66.7 Å². The van der Waals surface area contributed by atoms with Crippen molar-refractivity contribution < 1.29 is 28.9 Å². The van der Waals surface area contributed by atoms with E-state index in [1.807, 2.05) is 48.5 Å². The summed E-state index contributed by atoms with van der Waals surface area (Å²) < 4.78 is 16.7. The zero-order valence-corrected chi connectivity index (χ0v) is 15.0. The van der Waals surface area contributed by atoms with Crippen molar-refractivity contribution in [1.82, 2.24) is 0 Å². The predicted octanol–water partition coefficient (Wildman–Crippen LogP) is 2.43. The smallest absolute Gasteiger partial charge is 0.331 e. The van der Waals surface area contributed by atoms with Crippen molar-refractivity contribution in [3.63, 3.8) is 0 Å². The molecule has 0 radical (unpaired) electrons. The summed E-state index contributed by atoms with van der Waals surface area (Å²) in [6, 6.07) is 18.5. The molecule has 2 aromatic carbocycles. The molecule has 2 saturated heterocycles. The van der Waals surface area contributed by atoms with Gasteiger partial charge in [0.05, 0.1) is 6.42 Å². The van der Waals surface area contributed by atoms with E-state index >= 15 is 0 Å². The van der Waals surface area contributed by atoms with Gasteiger partial charge >= 0.3 is 11.9 Å². The fraction of sp³-hybridized carbons (Fsp3) is 0.273. The van der Waals surface area contributed by atoms with Crippen LogP contribution in [0.2, 0.25) is 0 Å². The second-order valence-corrected chi connectivity index (χ2v) is 6.80. The highest BCUT2D eigenvalue weighted by Crippen LogP contribution is 2.38. The average Bonchev–Trinajstić information content (AvgIpc) is 3.23. The SMILES string of the molecule is O=C(/C=C/c1ccccc1)O[C@H](c1ccccc1)[C@@H]1O[C@@H]2CC(=O)O[C@@H]2[C@H]1O. The van der Waals surface area contributed by atoms with Crippen molar-refractivity contribution in [2.24, 2.45) is 0 Å². The lowest BCUT2D eigenvalue weighted by Crippen LogP contribution is -2.37. The van der Waals surface area contributed by atoms with Gasteiger partial charge in [-0.2, -0.15) is 0 Å². The van der Waals surface area contributed by atoms with Gasteiger partial charge in [0.15, 0.2) is 12.2 Å².